The summed E-state index contributed by atoms with van der Waals surface area (Å²) in [6.45, 7) is 3.77. The van der Waals surface area contributed by atoms with Gasteiger partial charge in [-0.15, -0.1) is 17.0 Å². The minimum atomic E-state index is 0. The van der Waals surface area contributed by atoms with Crippen LogP contribution in [0.2, 0.25) is 0 Å². The van der Waals surface area contributed by atoms with Gasteiger partial charge in [-0.1, -0.05) is 76.2 Å². The molecule has 0 spiro atoms. The average Bonchev–Trinajstić information content (AvgIpc) is 2.53. The predicted molar refractivity (Wildman–Crippen MR) is 103 cm³/mol. The van der Waals surface area contributed by atoms with Gasteiger partial charge in [-0.25, -0.2) is 0 Å². The van der Waals surface area contributed by atoms with Crippen LogP contribution in [0, 0.1) is 0 Å². The number of aliphatic hydroxyl groups excluding tert-OH is 1. The van der Waals surface area contributed by atoms with E-state index in [2.05, 4.69) is 36.5 Å². The number of rotatable bonds is 13. The molecule has 130 valence electrons. The lowest BCUT2D eigenvalue weighted by molar-refractivity contribution is 0.282. The molecule has 0 radical (unpaired) electrons. The van der Waals surface area contributed by atoms with E-state index in [-0.39, 0.29) is 22.5 Å². The molecule has 1 atom stereocenters. The molecule has 0 aromatic rings. The molecule has 0 fully saturated rings. The second-order valence-electron chi connectivity index (χ2n) is 6.33. The van der Waals surface area contributed by atoms with Crippen LogP contribution in [0.25, 0.3) is 0 Å². The first-order valence-corrected chi connectivity index (χ1v) is 9.03. The van der Waals surface area contributed by atoms with Crippen molar-refractivity contribution in [2.24, 2.45) is 0 Å². The van der Waals surface area contributed by atoms with Gasteiger partial charge in [0.1, 0.15) is 0 Å². The van der Waals surface area contributed by atoms with Gasteiger partial charge in [0, 0.05) is 12.1 Å². The van der Waals surface area contributed by atoms with Crippen molar-refractivity contribution in [1.82, 2.24) is 5.32 Å². The van der Waals surface area contributed by atoms with E-state index in [1.807, 2.05) is 0 Å². The van der Waals surface area contributed by atoms with E-state index in [0.29, 0.717) is 6.61 Å². The van der Waals surface area contributed by atoms with E-state index < -0.39 is 0 Å². The number of hydrogen-bond donors (Lipinski definition) is 2. The maximum atomic E-state index is 8.71. The highest BCUT2D eigenvalue weighted by Crippen LogP contribution is 2.21. The van der Waals surface area contributed by atoms with Crippen molar-refractivity contribution in [1.29, 1.82) is 0 Å². The lowest BCUT2D eigenvalue weighted by atomic mass is 9.88. The van der Waals surface area contributed by atoms with Gasteiger partial charge in [0.05, 0.1) is 0 Å². The summed E-state index contributed by atoms with van der Waals surface area (Å²) < 4.78 is 0. The zero-order chi connectivity index (χ0) is 15.2. The lowest BCUT2D eigenvalue weighted by Gasteiger charge is -2.31. The van der Waals surface area contributed by atoms with E-state index in [0.717, 1.165) is 19.4 Å². The maximum Gasteiger partial charge on any atom is 0.0431 e. The monoisotopic (exact) mass is 373 g/mol. The van der Waals surface area contributed by atoms with Crippen LogP contribution in [-0.2, 0) is 0 Å². The van der Waals surface area contributed by atoms with Crippen molar-refractivity contribution < 1.29 is 5.11 Å². The highest BCUT2D eigenvalue weighted by Gasteiger charge is 2.23. The van der Waals surface area contributed by atoms with Gasteiger partial charge in [0.2, 0.25) is 0 Å². The minimum Gasteiger partial charge on any atom is -0.396 e. The topological polar surface area (TPSA) is 32.3 Å². The molecule has 1 unspecified atom stereocenters. The Labute approximate surface area is 148 Å². The quantitative estimate of drug-likeness (QED) is 0.428. The van der Waals surface area contributed by atoms with Crippen LogP contribution in [0.15, 0.2) is 24.3 Å². The molecule has 2 N–H and O–H groups in total. The SMILES string of the molecule is Br.CCC1(NCCCCCCCCCCCO)C=CC=CC1. The van der Waals surface area contributed by atoms with Crippen LogP contribution in [0.5, 0.6) is 0 Å². The lowest BCUT2D eigenvalue weighted by Crippen LogP contribution is -2.43. The number of nitrogens with one attached hydrogen (secondary N) is 1. The number of aliphatic hydroxyl groups is 1. The molecule has 1 aliphatic rings. The van der Waals surface area contributed by atoms with E-state index >= 15 is 0 Å². The van der Waals surface area contributed by atoms with Gasteiger partial charge >= 0.3 is 0 Å². The van der Waals surface area contributed by atoms with Gasteiger partial charge in [-0.2, -0.15) is 0 Å². The van der Waals surface area contributed by atoms with Crippen molar-refractivity contribution in [2.45, 2.75) is 83.1 Å². The number of unbranched alkanes of at least 4 members (excludes halogenated alkanes) is 8. The fourth-order valence-electron chi connectivity index (χ4n) is 2.99. The first-order chi connectivity index (χ1) is 10.3. The third kappa shape index (κ3) is 9.81. The van der Waals surface area contributed by atoms with Gasteiger partial charge in [-0.05, 0) is 32.2 Å². The van der Waals surface area contributed by atoms with Crippen molar-refractivity contribution in [3.63, 3.8) is 0 Å². The molecule has 2 nitrogen and oxygen atoms in total. The van der Waals surface area contributed by atoms with Crippen LogP contribution in [0.4, 0.5) is 0 Å². The fourth-order valence-corrected chi connectivity index (χ4v) is 2.99. The van der Waals surface area contributed by atoms with Crippen LogP contribution in [0.3, 0.4) is 0 Å². The molecule has 0 bridgehead atoms. The predicted octanol–water partition coefficient (Wildman–Crippen LogP) is 5.32. The van der Waals surface area contributed by atoms with Crippen LogP contribution < -0.4 is 5.32 Å². The van der Waals surface area contributed by atoms with Gasteiger partial charge in [0.15, 0.2) is 0 Å². The Morgan fingerprint density at radius 1 is 0.909 bits per heavy atom. The van der Waals surface area contributed by atoms with Gasteiger partial charge < -0.3 is 10.4 Å². The summed E-state index contributed by atoms with van der Waals surface area (Å²) in [5.41, 5.74) is 0.224. The smallest absolute Gasteiger partial charge is 0.0431 e. The Morgan fingerprint density at radius 2 is 1.50 bits per heavy atom. The summed E-state index contributed by atoms with van der Waals surface area (Å²) in [4.78, 5) is 0. The van der Waals surface area contributed by atoms with Crippen LogP contribution in [-0.4, -0.2) is 23.8 Å². The van der Waals surface area contributed by atoms with Gasteiger partial charge in [0.25, 0.3) is 0 Å². The Kier molecular flexibility index (Phi) is 14.4. The molecule has 1 aliphatic carbocycles. The minimum absolute atomic E-state index is 0. The Balaban J connectivity index is 0.00000441. The molecule has 1 rings (SSSR count). The van der Waals surface area contributed by atoms with E-state index in [1.165, 1.54) is 57.8 Å². The highest BCUT2D eigenvalue weighted by molar-refractivity contribution is 8.93. The summed E-state index contributed by atoms with van der Waals surface area (Å²) in [5.74, 6) is 0. The largest absolute Gasteiger partial charge is 0.396 e. The van der Waals surface area contributed by atoms with Crippen molar-refractivity contribution in [2.75, 3.05) is 13.2 Å². The first kappa shape index (κ1) is 21.9. The van der Waals surface area contributed by atoms with Crippen molar-refractivity contribution >= 4 is 17.0 Å². The molecule has 0 heterocycles. The second kappa shape index (κ2) is 14.5. The fraction of sp³-hybridized carbons (Fsp3) is 0.789. The van der Waals surface area contributed by atoms with Crippen LogP contribution >= 0.6 is 17.0 Å². The first-order valence-electron chi connectivity index (χ1n) is 9.03. The Hall–Kier alpha value is -0.120. The van der Waals surface area contributed by atoms with E-state index in [9.17, 15) is 0 Å². The zero-order valence-corrected chi connectivity index (χ0v) is 16.1. The average molecular weight is 374 g/mol. The summed E-state index contributed by atoms with van der Waals surface area (Å²) in [6.07, 6.45) is 22.8. The Morgan fingerprint density at radius 3 is 2.00 bits per heavy atom. The molecule has 3 heteroatoms. The standard InChI is InChI=1S/C19H35NO.BrH/c1-2-19(15-11-10-12-16-19)20-17-13-8-6-4-3-5-7-9-14-18-21;/h10-12,15,20-21H,2-9,13-14,16-18H2,1H3;1H. The zero-order valence-electron chi connectivity index (χ0n) is 14.4. The maximum absolute atomic E-state index is 8.71. The number of halogens is 1. The Bertz CT molecular complexity index is 304. The normalized spacial score (nSPS) is 20.1. The second-order valence-corrected chi connectivity index (χ2v) is 6.33. The highest BCUT2D eigenvalue weighted by atomic mass is 79.9. The molecule has 0 saturated carbocycles. The third-order valence-corrected chi connectivity index (χ3v) is 4.59. The summed E-state index contributed by atoms with van der Waals surface area (Å²) in [7, 11) is 0. The summed E-state index contributed by atoms with van der Waals surface area (Å²) in [5, 5.41) is 12.5. The molecule has 22 heavy (non-hydrogen) atoms. The van der Waals surface area contributed by atoms with Gasteiger partial charge in [-0.3, -0.25) is 0 Å². The summed E-state index contributed by atoms with van der Waals surface area (Å²) >= 11 is 0. The molecular formula is C19H36BrNO. The van der Waals surface area contributed by atoms with E-state index in [1.54, 1.807) is 0 Å². The van der Waals surface area contributed by atoms with E-state index in [4.69, 9.17) is 5.11 Å². The third-order valence-electron chi connectivity index (χ3n) is 4.59. The summed E-state index contributed by atoms with van der Waals surface area (Å²) in [6, 6.07) is 0. The molecule has 0 aromatic carbocycles. The molecule has 0 saturated heterocycles. The number of hydrogen-bond acceptors (Lipinski definition) is 2. The van der Waals surface area contributed by atoms with Crippen molar-refractivity contribution in [3.05, 3.63) is 24.3 Å². The molecule has 0 aliphatic heterocycles. The molecular weight excluding hydrogens is 338 g/mol. The van der Waals surface area contributed by atoms with Crippen molar-refractivity contribution in [3.8, 4) is 0 Å². The molecule has 0 aromatic heterocycles. The number of allylic oxidation sites excluding steroid dienone is 2. The van der Waals surface area contributed by atoms with Crippen LogP contribution in [0.1, 0.15) is 77.6 Å². The molecule has 0 amide bonds.